The van der Waals surface area contributed by atoms with Gasteiger partial charge in [0.15, 0.2) is 0 Å². The predicted octanol–water partition coefficient (Wildman–Crippen LogP) is 2.73. The Hall–Kier alpha value is -1.31. The van der Waals surface area contributed by atoms with E-state index in [0.29, 0.717) is 0 Å². The summed E-state index contributed by atoms with van der Waals surface area (Å²) in [7, 11) is 0. The Morgan fingerprint density at radius 2 is 2.33 bits per heavy atom. The Balaban J connectivity index is 3.21. The first-order valence-corrected chi connectivity index (χ1v) is 3.87. The van der Waals surface area contributed by atoms with Crippen LogP contribution >= 0.6 is 12.2 Å². The fourth-order valence-corrected chi connectivity index (χ4v) is 1.01. The smallest absolute Gasteiger partial charge is 0.0746 e. The van der Waals surface area contributed by atoms with Gasteiger partial charge >= 0.3 is 0 Å². The van der Waals surface area contributed by atoms with E-state index in [1.165, 1.54) is 6.21 Å². The minimum Gasteiger partial charge on any atom is -0.308 e. The number of nitrogens with one attached hydrogen (secondary N) is 1. The maximum absolute atomic E-state index is 7.10. The zero-order valence-electron chi connectivity index (χ0n) is 6.66. The molecule has 0 saturated carbocycles. The number of hydrogen-bond acceptors (Lipinski definition) is 3. The molecule has 0 bridgehead atoms. The van der Waals surface area contributed by atoms with E-state index in [-0.39, 0.29) is 0 Å². The molecule has 2 nitrogen and oxygen atoms in total. The highest BCUT2D eigenvalue weighted by atomic mass is 32.1. The van der Waals surface area contributed by atoms with Gasteiger partial charge in [0, 0.05) is 6.21 Å². The summed E-state index contributed by atoms with van der Waals surface area (Å²) >= 11 is 4.47. The van der Waals surface area contributed by atoms with E-state index in [4.69, 9.17) is 5.41 Å². The third kappa shape index (κ3) is 1.84. The molecule has 0 atom stereocenters. The van der Waals surface area contributed by atoms with Gasteiger partial charge in [0.1, 0.15) is 0 Å². The lowest BCUT2D eigenvalue weighted by Crippen LogP contribution is -1.83. The first kappa shape index (κ1) is 8.78. The molecule has 3 heteroatoms. The van der Waals surface area contributed by atoms with Gasteiger partial charge in [-0.1, -0.05) is 6.07 Å². The first-order valence-electron chi connectivity index (χ1n) is 3.47. The Bertz CT molecular complexity index is 352. The van der Waals surface area contributed by atoms with Gasteiger partial charge in [0.05, 0.1) is 10.8 Å². The van der Waals surface area contributed by atoms with Gasteiger partial charge in [0.2, 0.25) is 0 Å². The number of aryl methyl sites for hydroxylation is 1. The third-order valence-corrected chi connectivity index (χ3v) is 1.68. The van der Waals surface area contributed by atoms with Gasteiger partial charge in [-0.3, -0.25) is 0 Å². The molecule has 0 aliphatic carbocycles. The van der Waals surface area contributed by atoms with Crippen molar-refractivity contribution in [1.82, 2.24) is 0 Å². The summed E-state index contributed by atoms with van der Waals surface area (Å²) in [6.45, 7) is 1.95. The molecule has 0 aromatic heterocycles. The van der Waals surface area contributed by atoms with Crippen LogP contribution in [0.25, 0.3) is 0 Å². The summed E-state index contributed by atoms with van der Waals surface area (Å²) < 4.78 is 0. The quantitative estimate of drug-likeness (QED) is 0.546. The van der Waals surface area contributed by atoms with E-state index >= 15 is 0 Å². The molecule has 0 radical (unpaired) electrons. The van der Waals surface area contributed by atoms with Crippen LogP contribution in [0.5, 0.6) is 0 Å². The number of hydrogen-bond donors (Lipinski definition) is 1. The molecule has 0 aliphatic rings. The highest BCUT2D eigenvalue weighted by Crippen LogP contribution is 2.15. The second-order valence-electron chi connectivity index (χ2n) is 2.39. The molecule has 0 heterocycles. The topological polar surface area (TPSA) is 36.2 Å². The molecule has 1 aromatic rings. The molecule has 0 fully saturated rings. The number of thiocarbonyl (C=S) groups is 1. The van der Waals surface area contributed by atoms with Crippen LogP contribution in [0.2, 0.25) is 0 Å². The minimum atomic E-state index is 0.745. The largest absolute Gasteiger partial charge is 0.308 e. The second kappa shape index (κ2) is 3.90. The van der Waals surface area contributed by atoms with E-state index < -0.39 is 0 Å². The maximum atomic E-state index is 7.10. The lowest BCUT2D eigenvalue weighted by molar-refractivity contribution is 1.41. The second-order valence-corrected chi connectivity index (χ2v) is 2.57. The molecule has 0 aliphatic heterocycles. The van der Waals surface area contributed by atoms with E-state index in [1.807, 2.05) is 25.1 Å². The van der Waals surface area contributed by atoms with Crippen molar-refractivity contribution in [3.63, 3.8) is 0 Å². The first-order chi connectivity index (χ1) is 5.77. The van der Waals surface area contributed by atoms with Crippen LogP contribution in [0.1, 0.15) is 11.1 Å². The summed E-state index contributed by atoms with van der Waals surface area (Å²) in [6, 6.07) is 5.56. The summed E-state index contributed by atoms with van der Waals surface area (Å²) in [5.74, 6) is 0. The Labute approximate surface area is 76.5 Å². The minimum absolute atomic E-state index is 0.745. The van der Waals surface area contributed by atoms with Crippen LogP contribution in [-0.4, -0.2) is 11.4 Å². The summed E-state index contributed by atoms with van der Waals surface area (Å²) in [6.07, 6.45) is 1.30. The number of nitrogens with zero attached hydrogens (tertiary/aromatic N) is 1. The average molecular weight is 176 g/mol. The zero-order chi connectivity index (χ0) is 8.97. The molecule has 1 rings (SSSR count). The normalized spacial score (nSPS) is 8.75. The molecule has 0 unspecified atom stereocenters. The molecule has 0 amide bonds. The molecular weight excluding hydrogens is 168 g/mol. The van der Waals surface area contributed by atoms with Crippen molar-refractivity contribution >= 4 is 29.3 Å². The molecule has 60 valence electrons. The molecule has 0 saturated heterocycles. The number of rotatable bonds is 2. The van der Waals surface area contributed by atoms with Gasteiger partial charge in [-0.2, -0.15) is 4.99 Å². The fourth-order valence-electron chi connectivity index (χ4n) is 0.906. The summed E-state index contributed by atoms with van der Waals surface area (Å²) in [5.41, 5.74) is 2.67. The van der Waals surface area contributed by atoms with Crippen molar-refractivity contribution in [1.29, 1.82) is 5.41 Å². The van der Waals surface area contributed by atoms with Crippen molar-refractivity contribution in [2.24, 2.45) is 4.99 Å². The van der Waals surface area contributed by atoms with Crippen molar-refractivity contribution in [2.45, 2.75) is 6.92 Å². The lowest BCUT2D eigenvalue weighted by atomic mass is 10.1. The Kier molecular flexibility index (Phi) is 2.86. The SMILES string of the molecule is Cc1ccc(N=C=S)cc1C=N. The molecule has 0 spiro atoms. The van der Waals surface area contributed by atoms with E-state index in [0.717, 1.165) is 16.8 Å². The van der Waals surface area contributed by atoms with Crippen molar-refractivity contribution < 1.29 is 0 Å². The van der Waals surface area contributed by atoms with Crippen molar-refractivity contribution in [2.75, 3.05) is 0 Å². The van der Waals surface area contributed by atoms with Gasteiger partial charge in [0.25, 0.3) is 0 Å². The van der Waals surface area contributed by atoms with Crippen molar-refractivity contribution in [3.05, 3.63) is 29.3 Å². The van der Waals surface area contributed by atoms with Crippen LogP contribution in [0.4, 0.5) is 5.69 Å². The Morgan fingerprint density at radius 1 is 1.58 bits per heavy atom. The number of aliphatic imine (C=N–C) groups is 1. The standard InChI is InChI=1S/C9H8N2S/c1-7-2-3-9(11-6-12)4-8(7)5-10/h2-5,10H,1H3. The van der Waals surface area contributed by atoms with E-state index in [2.05, 4.69) is 22.4 Å². The third-order valence-electron chi connectivity index (χ3n) is 1.59. The molecule has 1 aromatic carbocycles. The fraction of sp³-hybridized carbons (Fsp3) is 0.111. The summed E-state index contributed by atoms with van der Waals surface area (Å²) in [4.78, 5) is 3.82. The van der Waals surface area contributed by atoms with Crippen LogP contribution in [-0.2, 0) is 0 Å². The lowest BCUT2D eigenvalue weighted by Gasteiger charge is -1.98. The Morgan fingerprint density at radius 3 is 2.92 bits per heavy atom. The maximum Gasteiger partial charge on any atom is 0.0746 e. The van der Waals surface area contributed by atoms with Gasteiger partial charge in [-0.15, -0.1) is 0 Å². The van der Waals surface area contributed by atoms with Gasteiger partial charge in [-0.25, -0.2) is 0 Å². The van der Waals surface area contributed by atoms with Crippen LogP contribution in [0.15, 0.2) is 23.2 Å². The number of benzene rings is 1. The molecular formula is C9H8N2S. The molecule has 12 heavy (non-hydrogen) atoms. The predicted molar refractivity (Wildman–Crippen MR) is 53.8 cm³/mol. The van der Waals surface area contributed by atoms with Crippen LogP contribution < -0.4 is 0 Å². The average Bonchev–Trinajstić information content (AvgIpc) is 2.09. The van der Waals surface area contributed by atoms with E-state index in [9.17, 15) is 0 Å². The van der Waals surface area contributed by atoms with E-state index in [1.54, 1.807) is 0 Å². The van der Waals surface area contributed by atoms with Crippen molar-refractivity contribution in [3.8, 4) is 0 Å². The van der Waals surface area contributed by atoms with Gasteiger partial charge < -0.3 is 5.41 Å². The summed E-state index contributed by atoms with van der Waals surface area (Å²) in [5, 5.41) is 9.39. The van der Waals surface area contributed by atoms with Gasteiger partial charge in [-0.05, 0) is 42.4 Å². The monoisotopic (exact) mass is 176 g/mol. The number of isothiocyanates is 1. The highest BCUT2D eigenvalue weighted by Gasteiger charge is 1.95. The zero-order valence-corrected chi connectivity index (χ0v) is 7.48. The van der Waals surface area contributed by atoms with Crippen LogP contribution in [0.3, 0.4) is 0 Å². The van der Waals surface area contributed by atoms with Crippen LogP contribution in [0, 0.1) is 12.3 Å². The molecule has 1 N–H and O–H groups in total. The highest BCUT2D eigenvalue weighted by molar-refractivity contribution is 7.78.